The van der Waals surface area contributed by atoms with Crippen LogP contribution in [0.4, 0.5) is 0 Å². The van der Waals surface area contributed by atoms with Gasteiger partial charge in [-0.3, -0.25) is 0 Å². The molecule has 1 saturated carbocycles. The van der Waals surface area contributed by atoms with Crippen molar-refractivity contribution in [2.75, 3.05) is 7.05 Å². The van der Waals surface area contributed by atoms with Crippen molar-refractivity contribution < 1.29 is 1.37 Å². The SMILES string of the molecule is [2H]C1(C2=CC(c3ccccc3C)N(C)C=C2[Si](C)(C)C)CCC(C)(C)CC1. The molecule has 0 saturated heterocycles. The van der Waals surface area contributed by atoms with Crippen LogP contribution >= 0.6 is 0 Å². The molecule has 1 atom stereocenters. The summed E-state index contributed by atoms with van der Waals surface area (Å²) >= 11 is 0. The average Bonchev–Trinajstić information content (AvgIpc) is 2.57. The van der Waals surface area contributed by atoms with Gasteiger partial charge in [0.2, 0.25) is 0 Å². The van der Waals surface area contributed by atoms with Crippen molar-refractivity contribution in [2.45, 2.75) is 72.1 Å². The highest BCUT2D eigenvalue weighted by Gasteiger charge is 2.36. The molecule has 0 N–H and O–H groups in total. The minimum atomic E-state index is -1.54. The number of rotatable bonds is 3. The fraction of sp³-hybridized carbons (Fsp3) is 0.583. The van der Waals surface area contributed by atoms with Crippen molar-refractivity contribution >= 4 is 8.07 Å². The van der Waals surface area contributed by atoms with E-state index in [2.05, 4.69) is 88.9 Å². The predicted molar refractivity (Wildman–Crippen MR) is 117 cm³/mol. The molecule has 1 unspecified atom stereocenters. The second-order valence-corrected chi connectivity index (χ2v) is 15.1. The number of hydrogen-bond acceptors (Lipinski definition) is 1. The summed E-state index contributed by atoms with van der Waals surface area (Å²) in [5.41, 5.74) is 4.42. The number of allylic oxidation sites excluding steroid dienone is 2. The zero-order valence-electron chi connectivity index (χ0n) is 18.8. The Morgan fingerprint density at radius 1 is 1.12 bits per heavy atom. The van der Waals surface area contributed by atoms with Crippen LogP contribution in [-0.4, -0.2) is 20.0 Å². The summed E-state index contributed by atoms with van der Waals surface area (Å²) in [6.07, 6.45) is 9.10. The highest BCUT2D eigenvalue weighted by atomic mass is 28.3. The van der Waals surface area contributed by atoms with Gasteiger partial charge >= 0.3 is 0 Å². The molecule has 0 bridgehead atoms. The molecule has 1 nitrogen and oxygen atoms in total. The number of nitrogens with zero attached hydrogens (tertiary/aromatic N) is 1. The lowest BCUT2D eigenvalue weighted by Crippen LogP contribution is -2.35. The molecule has 1 aliphatic heterocycles. The highest BCUT2D eigenvalue weighted by molar-refractivity contribution is 6.84. The first-order valence-electron chi connectivity index (χ1n) is 10.7. The highest BCUT2D eigenvalue weighted by Crippen LogP contribution is 2.46. The topological polar surface area (TPSA) is 3.24 Å². The van der Waals surface area contributed by atoms with Gasteiger partial charge in [0.05, 0.1) is 14.1 Å². The minimum absolute atomic E-state index is 0.235. The van der Waals surface area contributed by atoms with E-state index >= 15 is 0 Å². The molecule has 1 aromatic carbocycles. The monoisotopic (exact) mass is 368 g/mol. The van der Waals surface area contributed by atoms with E-state index < -0.39 is 14.0 Å². The van der Waals surface area contributed by atoms with Gasteiger partial charge in [-0.1, -0.05) is 63.8 Å². The maximum atomic E-state index is 9.47. The first-order chi connectivity index (χ1) is 12.4. The molecule has 0 radical (unpaired) electrons. The first kappa shape index (κ1) is 18.1. The Bertz CT molecular complexity index is 759. The summed E-state index contributed by atoms with van der Waals surface area (Å²) in [6, 6.07) is 8.94. The van der Waals surface area contributed by atoms with Gasteiger partial charge in [-0.25, -0.2) is 0 Å². The van der Waals surface area contributed by atoms with Crippen LogP contribution in [0.25, 0.3) is 0 Å². The number of benzene rings is 1. The summed E-state index contributed by atoms with van der Waals surface area (Å²) < 4.78 is 9.47. The molecular weight excluding hydrogens is 330 g/mol. The second kappa shape index (κ2) is 7.03. The van der Waals surface area contributed by atoms with Gasteiger partial charge < -0.3 is 4.90 Å². The summed E-state index contributed by atoms with van der Waals surface area (Å²) in [7, 11) is 0.659. The van der Waals surface area contributed by atoms with Gasteiger partial charge in [0, 0.05) is 8.42 Å². The lowest BCUT2D eigenvalue weighted by atomic mass is 9.70. The lowest BCUT2D eigenvalue weighted by molar-refractivity contribution is 0.208. The van der Waals surface area contributed by atoms with E-state index in [9.17, 15) is 1.37 Å². The Hall–Kier alpha value is -1.28. The molecule has 26 heavy (non-hydrogen) atoms. The minimum Gasteiger partial charge on any atom is -0.370 e. The van der Waals surface area contributed by atoms with Gasteiger partial charge in [0.25, 0.3) is 0 Å². The van der Waals surface area contributed by atoms with E-state index in [1.165, 1.54) is 21.9 Å². The van der Waals surface area contributed by atoms with Gasteiger partial charge in [0.15, 0.2) is 0 Å². The Labute approximate surface area is 163 Å². The molecule has 2 heteroatoms. The maximum absolute atomic E-state index is 9.47. The summed E-state index contributed by atoms with van der Waals surface area (Å²) in [6.45, 7) is 14.2. The van der Waals surface area contributed by atoms with Crippen molar-refractivity contribution in [2.24, 2.45) is 11.3 Å². The Balaban J connectivity index is 2.07. The van der Waals surface area contributed by atoms with E-state index in [1.54, 1.807) is 0 Å². The van der Waals surface area contributed by atoms with Crippen LogP contribution in [0.1, 0.15) is 58.1 Å². The van der Waals surface area contributed by atoms with Crippen molar-refractivity contribution in [1.29, 1.82) is 0 Å². The third kappa shape index (κ3) is 4.01. The van der Waals surface area contributed by atoms with Gasteiger partial charge in [-0.15, -0.1) is 0 Å². The zero-order chi connectivity index (χ0) is 20.0. The molecule has 3 rings (SSSR count). The van der Waals surface area contributed by atoms with E-state index in [0.717, 1.165) is 25.7 Å². The summed E-state index contributed by atoms with van der Waals surface area (Å²) in [4.78, 5) is 2.37. The van der Waals surface area contributed by atoms with Crippen LogP contribution in [0, 0.1) is 18.2 Å². The van der Waals surface area contributed by atoms with Crippen molar-refractivity contribution in [3.05, 3.63) is 58.4 Å². The van der Waals surface area contributed by atoms with Crippen LogP contribution in [0.2, 0.25) is 19.6 Å². The average molecular weight is 369 g/mol. The molecule has 1 aromatic rings. The Morgan fingerprint density at radius 2 is 1.73 bits per heavy atom. The zero-order valence-corrected chi connectivity index (χ0v) is 18.8. The van der Waals surface area contributed by atoms with Crippen LogP contribution in [0.3, 0.4) is 0 Å². The third-order valence-corrected chi connectivity index (χ3v) is 8.30. The summed E-state index contributed by atoms with van der Waals surface area (Å²) in [5, 5.41) is 1.48. The van der Waals surface area contributed by atoms with Crippen LogP contribution in [-0.2, 0) is 0 Å². The molecule has 142 valence electrons. The largest absolute Gasteiger partial charge is 0.370 e. The number of hydrogen-bond donors (Lipinski definition) is 0. The second-order valence-electron chi connectivity index (χ2n) is 10.1. The maximum Gasteiger partial charge on any atom is 0.0798 e. The molecule has 2 aliphatic rings. The molecule has 1 aliphatic carbocycles. The van der Waals surface area contributed by atoms with Crippen molar-refractivity contribution in [3.8, 4) is 0 Å². The molecule has 0 amide bonds. The molecule has 0 aromatic heterocycles. The summed E-state index contributed by atoms with van der Waals surface area (Å²) in [5.74, 6) is -0.427. The standard InChI is InChI=1S/C24H37NSi/c1-18-10-8-9-11-20(18)22-16-21(19-12-14-24(2,3)15-13-19)23(17-25(22)4)26(5,6)7/h8-11,16-17,19,22H,12-15H2,1-7H3/i19D. The molecule has 0 spiro atoms. The Morgan fingerprint density at radius 3 is 2.31 bits per heavy atom. The number of aryl methyl sites for hydroxylation is 1. The van der Waals surface area contributed by atoms with Crippen LogP contribution in [0.5, 0.6) is 0 Å². The Kier molecular flexibility index (Phi) is 4.90. The molecule has 1 heterocycles. The van der Waals surface area contributed by atoms with Crippen LogP contribution < -0.4 is 0 Å². The first-order valence-corrected chi connectivity index (χ1v) is 13.7. The van der Waals surface area contributed by atoms with Crippen LogP contribution in [0.15, 0.2) is 47.3 Å². The van der Waals surface area contributed by atoms with Crippen molar-refractivity contribution in [1.82, 2.24) is 4.90 Å². The van der Waals surface area contributed by atoms with Gasteiger partial charge in [0.1, 0.15) is 0 Å². The van der Waals surface area contributed by atoms with E-state index in [-0.39, 0.29) is 6.04 Å². The fourth-order valence-electron chi connectivity index (χ4n) is 4.35. The fourth-order valence-corrected chi connectivity index (χ4v) is 6.01. The molecule has 1 fully saturated rings. The number of likely N-dealkylation sites (N-methyl/N-ethyl adjacent to an activating group) is 1. The quantitative estimate of drug-likeness (QED) is 0.525. The van der Waals surface area contributed by atoms with E-state index in [1.807, 2.05) is 0 Å². The molecular formula is C24H37NSi. The van der Waals surface area contributed by atoms with Gasteiger partial charge in [-0.05, 0) is 72.0 Å². The van der Waals surface area contributed by atoms with E-state index in [0.29, 0.717) is 5.41 Å². The van der Waals surface area contributed by atoms with Gasteiger partial charge in [-0.2, -0.15) is 0 Å². The van der Waals surface area contributed by atoms with Crippen molar-refractivity contribution in [3.63, 3.8) is 0 Å². The third-order valence-electron chi connectivity index (χ3n) is 6.29. The lowest BCUT2D eigenvalue weighted by Gasteiger charge is -2.42. The normalized spacial score (nSPS) is 26.0. The van der Waals surface area contributed by atoms with E-state index in [4.69, 9.17) is 0 Å². The predicted octanol–water partition coefficient (Wildman–Crippen LogP) is 6.89. The smallest absolute Gasteiger partial charge is 0.0798 e.